The van der Waals surface area contributed by atoms with Gasteiger partial charge in [-0.15, -0.1) is 0 Å². The van der Waals surface area contributed by atoms with Crippen LogP contribution in [0.15, 0.2) is 30.5 Å². The minimum Gasteiger partial charge on any atom is -0.489 e. The molecule has 2 aromatic rings. The number of rotatable bonds is 8. The first-order chi connectivity index (χ1) is 18.8. The van der Waals surface area contributed by atoms with Crippen LogP contribution in [0.1, 0.15) is 35.8 Å². The molecule has 0 radical (unpaired) electrons. The Bertz CT molecular complexity index is 1270. The third-order valence-electron chi connectivity index (χ3n) is 7.35. The van der Waals surface area contributed by atoms with Crippen LogP contribution < -0.4 is 10.1 Å². The lowest BCUT2D eigenvalue weighted by molar-refractivity contribution is -0.272. The Morgan fingerprint density at radius 2 is 1.93 bits per heavy atom. The zero-order valence-electron chi connectivity index (χ0n) is 21.7. The number of amides is 1. The zero-order chi connectivity index (χ0) is 29.4. The molecule has 0 aliphatic carbocycles. The summed E-state index contributed by atoms with van der Waals surface area (Å²) in [7, 11) is 1.12. The lowest BCUT2D eigenvalue weighted by Gasteiger charge is -2.34. The fourth-order valence-electron chi connectivity index (χ4n) is 4.88. The average Bonchev–Trinajstić information content (AvgIpc) is 3.16. The van der Waals surface area contributed by atoms with Crippen LogP contribution in [-0.4, -0.2) is 79.2 Å². The Balaban J connectivity index is 1.68. The minimum absolute atomic E-state index is 0.0125. The molecule has 14 heteroatoms. The van der Waals surface area contributed by atoms with E-state index in [2.05, 4.69) is 15.0 Å². The first-order valence-electron chi connectivity index (χ1n) is 12.3. The second-order valence-corrected chi connectivity index (χ2v) is 9.85. The minimum atomic E-state index is -4.94. The summed E-state index contributed by atoms with van der Waals surface area (Å²) in [5.74, 6) is -8.12. The fourth-order valence-corrected chi connectivity index (χ4v) is 4.88. The number of methoxy groups -OCH3 is 1. The van der Waals surface area contributed by atoms with Gasteiger partial charge in [0.1, 0.15) is 24.6 Å². The number of alkyl halides is 4. The highest BCUT2D eigenvalue weighted by molar-refractivity contribution is 5.96. The molecule has 1 aromatic heterocycles. The number of anilines is 1. The lowest BCUT2D eigenvalue weighted by Crippen LogP contribution is -2.49. The van der Waals surface area contributed by atoms with E-state index in [9.17, 15) is 35.9 Å². The molecule has 3 heterocycles. The van der Waals surface area contributed by atoms with Crippen LogP contribution in [0, 0.1) is 17.6 Å². The quantitative estimate of drug-likeness (QED) is 0.372. The number of benzene rings is 1. The van der Waals surface area contributed by atoms with Crippen molar-refractivity contribution in [3.63, 3.8) is 0 Å². The largest absolute Gasteiger partial charge is 0.489 e. The number of aromatic nitrogens is 1. The Morgan fingerprint density at radius 1 is 1.23 bits per heavy atom. The van der Waals surface area contributed by atoms with Crippen LogP contribution in [0.25, 0.3) is 0 Å². The van der Waals surface area contributed by atoms with Gasteiger partial charge in [-0.1, -0.05) is 13.0 Å². The van der Waals surface area contributed by atoms with Gasteiger partial charge >= 0.3 is 12.1 Å². The van der Waals surface area contributed by atoms with E-state index in [1.54, 1.807) is 4.90 Å². The van der Waals surface area contributed by atoms with Crippen LogP contribution in [0.5, 0.6) is 5.75 Å². The number of halogens is 6. The molecule has 4 rings (SSSR count). The Morgan fingerprint density at radius 3 is 2.55 bits per heavy atom. The Hall–Kier alpha value is -3.39. The van der Waals surface area contributed by atoms with E-state index in [-0.39, 0.29) is 43.2 Å². The summed E-state index contributed by atoms with van der Waals surface area (Å²) in [6.07, 6.45) is -6.58. The van der Waals surface area contributed by atoms with Gasteiger partial charge in [-0.05, 0) is 25.1 Å². The molecule has 218 valence electrons. The van der Waals surface area contributed by atoms with E-state index in [1.165, 1.54) is 19.2 Å². The molecule has 0 unspecified atom stereocenters. The van der Waals surface area contributed by atoms with E-state index in [0.717, 1.165) is 32.2 Å². The molecular weight excluding hydrogens is 548 g/mol. The average molecular weight is 576 g/mol. The van der Waals surface area contributed by atoms with E-state index >= 15 is 0 Å². The summed E-state index contributed by atoms with van der Waals surface area (Å²) in [6.45, 7) is 2.23. The van der Waals surface area contributed by atoms with Gasteiger partial charge in [-0.25, -0.2) is 18.6 Å². The van der Waals surface area contributed by atoms with E-state index < -0.39 is 65.1 Å². The van der Waals surface area contributed by atoms with Gasteiger partial charge < -0.3 is 19.5 Å². The monoisotopic (exact) mass is 575 g/mol. The SMILES string of the molecule is COC(=O)c1cc(NC(=O)[C@@H]2O[C@@](C)(C(F)(F)F)[C@@H](C)[C@H]2c2ccc(F)c(F)c2OCCN2CC(F)C2)ccn1. The molecule has 1 aromatic carbocycles. The first kappa shape index (κ1) is 29.6. The molecule has 2 aliphatic rings. The van der Waals surface area contributed by atoms with Crippen LogP contribution in [0.3, 0.4) is 0 Å². The first-order valence-corrected chi connectivity index (χ1v) is 12.3. The van der Waals surface area contributed by atoms with Gasteiger partial charge in [0.05, 0.1) is 7.11 Å². The maximum absolute atomic E-state index is 15.0. The number of pyridine rings is 1. The molecule has 1 N–H and O–H groups in total. The highest BCUT2D eigenvalue weighted by Gasteiger charge is 2.66. The molecule has 0 bridgehead atoms. The van der Waals surface area contributed by atoms with Crippen molar-refractivity contribution in [3.8, 4) is 5.75 Å². The summed E-state index contributed by atoms with van der Waals surface area (Å²) in [5, 5.41) is 2.41. The Kier molecular flexibility index (Phi) is 8.31. The molecular formula is C26H27F6N3O5. The number of carbonyl (C=O) groups excluding carboxylic acids is 2. The van der Waals surface area contributed by atoms with E-state index in [4.69, 9.17) is 9.47 Å². The van der Waals surface area contributed by atoms with Gasteiger partial charge in [-0.3, -0.25) is 9.69 Å². The van der Waals surface area contributed by atoms with Crippen molar-refractivity contribution in [2.24, 2.45) is 5.92 Å². The van der Waals surface area contributed by atoms with Crippen molar-refractivity contribution in [2.45, 2.75) is 43.8 Å². The maximum Gasteiger partial charge on any atom is 0.417 e. The fraction of sp³-hybridized carbons (Fsp3) is 0.500. The summed E-state index contributed by atoms with van der Waals surface area (Å²) in [6, 6.07) is 4.25. The second-order valence-electron chi connectivity index (χ2n) is 9.85. The van der Waals surface area contributed by atoms with Crippen LogP contribution in [-0.2, 0) is 14.3 Å². The second kappa shape index (κ2) is 11.2. The number of esters is 1. The van der Waals surface area contributed by atoms with E-state index in [0.29, 0.717) is 0 Å². The third-order valence-corrected chi connectivity index (χ3v) is 7.35. The predicted molar refractivity (Wildman–Crippen MR) is 129 cm³/mol. The smallest absolute Gasteiger partial charge is 0.417 e. The number of hydrogen-bond acceptors (Lipinski definition) is 7. The highest BCUT2D eigenvalue weighted by atomic mass is 19.4. The molecule has 2 fully saturated rings. The van der Waals surface area contributed by atoms with Gasteiger partial charge in [0.15, 0.2) is 17.2 Å². The van der Waals surface area contributed by atoms with Crippen LogP contribution >= 0.6 is 0 Å². The van der Waals surface area contributed by atoms with Gasteiger partial charge in [-0.2, -0.15) is 17.6 Å². The number of likely N-dealkylation sites (tertiary alicyclic amines) is 1. The Labute approximate surface area is 225 Å². The van der Waals surface area contributed by atoms with Crippen molar-refractivity contribution >= 4 is 17.6 Å². The van der Waals surface area contributed by atoms with Crippen molar-refractivity contribution in [2.75, 3.05) is 38.7 Å². The summed E-state index contributed by atoms with van der Waals surface area (Å²) >= 11 is 0. The predicted octanol–water partition coefficient (Wildman–Crippen LogP) is 4.26. The van der Waals surface area contributed by atoms with Gasteiger partial charge in [0.25, 0.3) is 5.91 Å². The van der Waals surface area contributed by atoms with Crippen LogP contribution in [0.2, 0.25) is 0 Å². The number of nitrogens with zero attached hydrogens (tertiary/aromatic N) is 2. The summed E-state index contributed by atoms with van der Waals surface area (Å²) in [4.78, 5) is 30.6. The molecule has 2 saturated heterocycles. The molecule has 40 heavy (non-hydrogen) atoms. The van der Waals surface area contributed by atoms with Gasteiger partial charge in [0, 0.05) is 48.9 Å². The number of hydrogen-bond donors (Lipinski definition) is 1. The molecule has 8 nitrogen and oxygen atoms in total. The standard InChI is InChI=1S/C26H27F6N3O5/c1-13-19(16-4-5-17(28)20(29)21(16)39-9-8-35-11-14(27)12-35)22(40-25(13,2)26(30,31)32)23(36)34-15-6-7-33-18(10-15)24(37)38-3/h4-7,10,13-14,19,22H,8-9,11-12H2,1-3H3,(H,33,34,36)/t13-,19-,22+,25+/m0/s1. The molecule has 4 atom stereocenters. The van der Waals surface area contributed by atoms with E-state index in [1.807, 2.05) is 0 Å². The van der Waals surface area contributed by atoms with Crippen molar-refractivity contribution in [1.82, 2.24) is 9.88 Å². The molecule has 0 spiro atoms. The summed E-state index contributed by atoms with van der Waals surface area (Å²) < 4.78 is 100. The molecule has 0 saturated carbocycles. The summed E-state index contributed by atoms with van der Waals surface area (Å²) in [5.41, 5.74) is -3.20. The van der Waals surface area contributed by atoms with Gasteiger partial charge in [0.2, 0.25) is 5.82 Å². The van der Waals surface area contributed by atoms with Crippen molar-refractivity contribution in [3.05, 3.63) is 53.4 Å². The molecule has 1 amide bonds. The van der Waals surface area contributed by atoms with Crippen molar-refractivity contribution < 1.29 is 50.1 Å². The normalized spacial score (nSPS) is 25.4. The topological polar surface area (TPSA) is 90.0 Å². The number of ether oxygens (including phenoxy) is 3. The third kappa shape index (κ3) is 5.59. The molecule has 2 aliphatic heterocycles. The highest BCUT2D eigenvalue weighted by Crippen LogP contribution is 2.55. The van der Waals surface area contributed by atoms with Crippen LogP contribution in [0.4, 0.5) is 32.0 Å². The number of carbonyl (C=O) groups is 2. The lowest BCUT2D eigenvalue weighted by atomic mass is 9.77. The maximum atomic E-state index is 15.0. The van der Waals surface area contributed by atoms with Crippen molar-refractivity contribution in [1.29, 1.82) is 0 Å². The zero-order valence-corrected chi connectivity index (χ0v) is 21.7. The number of nitrogens with one attached hydrogen (secondary N) is 1.